The molecule has 2 atom stereocenters. The third-order valence-corrected chi connectivity index (χ3v) is 5.72. The molecule has 1 amide bonds. The van der Waals surface area contributed by atoms with E-state index in [1.165, 1.54) is 12.8 Å². The van der Waals surface area contributed by atoms with E-state index in [9.17, 15) is 9.00 Å². The molecule has 2 unspecified atom stereocenters. The minimum atomic E-state index is -1.01. The number of hydrogen-bond donors (Lipinski definition) is 1. The zero-order valence-electron chi connectivity index (χ0n) is 11.2. The summed E-state index contributed by atoms with van der Waals surface area (Å²) < 4.78 is 12.2. The molecule has 0 aromatic heterocycles. The van der Waals surface area contributed by atoms with Gasteiger partial charge >= 0.3 is 0 Å². The van der Waals surface area contributed by atoms with Gasteiger partial charge in [-0.1, -0.05) is 12.8 Å². The first-order valence-electron chi connectivity index (χ1n) is 7.05. The Balaban J connectivity index is 1.83. The molecule has 0 radical (unpaired) electrons. The van der Waals surface area contributed by atoms with Gasteiger partial charge in [-0.2, -0.15) is 0 Å². The van der Waals surface area contributed by atoms with Crippen LogP contribution in [0.15, 0.2) is 0 Å². The van der Waals surface area contributed by atoms with Crippen molar-refractivity contribution in [1.29, 1.82) is 0 Å². The van der Waals surface area contributed by atoms with Crippen molar-refractivity contribution in [3.63, 3.8) is 0 Å². The van der Waals surface area contributed by atoms with E-state index >= 15 is 0 Å². The zero-order chi connectivity index (χ0) is 13.0. The van der Waals surface area contributed by atoms with Crippen molar-refractivity contribution in [2.24, 2.45) is 5.92 Å². The van der Waals surface area contributed by atoms with E-state index in [0.717, 1.165) is 39.0 Å². The van der Waals surface area contributed by atoms with Gasteiger partial charge in [-0.15, -0.1) is 0 Å². The Morgan fingerprint density at radius 2 is 1.89 bits per heavy atom. The van der Waals surface area contributed by atoms with Gasteiger partial charge in [-0.3, -0.25) is 9.00 Å². The summed E-state index contributed by atoms with van der Waals surface area (Å²) in [5, 5.41) is 2.85. The quantitative estimate of drug-likeness (QED) is 0.821. The fourth-order valence-corrected chi connectivity index (χ4v) is 3.87. The van der Waals surface area contributed by atoms with Crippen LogP contribution in [0.5, 0.6) is 0 Å². The Bertz CT molecular complexity index is 310. The first-order chi connectivity index (χ1) is 8.68. The average molecular weight is 272 g/mol. The number of nitrogens with zero attached hydrogens (tertiary/aromatic N) is 1. The summed E-state index contributed by atoms with van der Waals surface area (Å²) in [7, 11) is -1.01. The van der Waals surface area contributed by atoms with E-state index in [1.54, 1.807) is 0 Å². The van der Waals surface area contributed by atoms with Crippen LogP contribution in [0.1, 0.15) is 32.6 Å². The van der Waals surface area contributed by atoms with Crippen LogP contribution in [0.4, 0.5) is 0 Å². The highest BCUT2D eigenvalue weighted by Crippen LogP contribution is 2.14. The van der Waals surface area contributed by atoms with E-state index in [4.69, 9.17) is 0 Å². The topological polar surface area (TPSA) is 49.4 Å². The van der Waals surface area contributed by atoms with E-state index in [-0.39, 0.29) is 11.2 Å². The fraction of sp³-hybridized carbons (Fsp3) is 0.923. The second kappa shape index (κ2) is 6.66. The summed E-state index contributed by atoms with van der Waals surface area (Å²) in [4.78, 5) is 14.2. The molecule has 0 aromatic rings. The highest BCUT2D eigenvalue weighted by Gasteiger charge is 2.29. The molecule has 2 fully saturated rings. The molecule has 2 saturated heterocycles. The number of rotatable bonds is 4. The van der Waals surface area contributed by atoms with Crippen molar-refractivity contribution in [1.82, 2.24) is 10.2 Å². The Hall–Kier alpha value is -0.420. The summed E-state index contributed by atoms with van der Waals surface area (Å²) >= 11 is 0. The van der Waals surface area contributed by atoms with Gasteiger partial charge in [0, 0.05) is 42.7 Å². The number of hydrogen-bond acceptors (Lipinski definition) is 3. The SMILES string of the molecule is CC(C(=O)N1CCCCCC1)S(=O)CC1CNC1. The minimum Gasteiger partial charge on any atom is -0.342 e. The molecule has 2 aliphatic heterocycles. The standard InChI is InChI=1S/C13H24N2O2S/c1-11(18(17)10-12-8-14-9-12)13(16)15-6-4-2-3-5-7-15/h11-12,14H,2-10H2,1H3. The molecule has 0 saturated carbocycles. The fourth-order valence-electron chi connectivity index (χ4n) is 2.50. The van der Waals surface area contributed by atoms with Crippen LogP contribution >= 0.6 is 0 Å². The van der Waals surface area contributed by atoms with Crippen LogP contribution in [0.2, 0.25) is 0 Å². The summed E-state index contributed by atoms with van der Waals surface area (Å²) in [5.74, 6) is 1.28. The van der Waals surface area contributed by atoms with Crippen molar-refractivity contribution in [3.05, 3.63) is 0 Å². The van der Waals surface area contributed by atoms with Crippen LogP contribution in [0.3, 0.4) is 0 Å². The Labute approximate surface area is 112 Å². The lowest BCUT2D eigenvalue weighted by molar-refractivity contribution is -0.130. The second-order valence-electron chi connectivity index (χ2n) is 5.45. The molecule has 104 valence electrons. The number of carbonyl (C=O) groups is 1. The van der Waals surface area contributed by atoms with Gasteiger partial charge in [0.2, 0.25) is 5.91 Å². The first-order valence-corrected chi connectivity index (χ1v) is 8.43. The third-order valence-electron chi connectivity index (χ3n) is 3.93. The molecule has 0 spiro atoms. The number of amides is 1. The molecule has 0 aromatic carbocycles. The molecule has 0 bridgehead atoms. The maximum Gasteiger partial charge on any atom is 0.238 e. The Kier molecular flexibility index (Phi) is 5.18. The smallest absolute Gasteiger partial charge is 0.238 e. The van der Waals surface area contributed by atoms with Gasteiger partial charge in [0.05, 0.1) is 0 Å². The van der Waals surface area contributed by atoms with Crippen LogP contribution in [-0.4, -0.2) is 52.2 Å². The van der Waals surface area contributed by atoms with Crippen LogP contribution in [0, 0.1) is 5.92 Å². The van der Waals surface area contributed by atoms with E-state index in [1.807, 2.05) is 11.8 Å². The van der Waals surface area contributed by atoms with Crippen LogP contribution in [0.25, 0.3) is 0 Å². The molecule has 5 heteroatoms. The zero-order valence-corrected chi connectivity index (χ0v) is 12.0. The maximum absolute atomic E-state index is 12.3. The molecular weight excluding hydrogens is 248 g/mol. The monoisotopic (exact) mass is 272 g/mol. The largest absolute Gasteiger partial charge is 0.342 e. The molecular formula is C13H24N2O2S. The number of carbonyl (C=O) groups excluding carboxylic acids is 1. The predicted octanol–water partition coefficient (Wildman–Crippen LogP) is 0.746. The number of nitrogens with one attached hydrogen (secondary N) is 1. The summed E-state index contributed by atoms with van der Waals surface area (Å²) in [6, 6.07) is 0. The summed E-state index contributed by atoms with van der Waals surface area (Å²) in [5.41, 5.74) is 0. The molecule has 2 rings (SSSR count). The van der Waals surface area contributed by atoms with Crippen molar-refractivity contribution in [3.8, 4) is 0 Å². The van der Waals surface area contributed by atoms with Crippen molar-refractivity contribution >= 4 is 16.7 Å². The average Bonchev–Trinajstić information content (AvgIpc) is 2.60. The molecule has 18 heavy (non-hydrogen) atoms. The van der Waals surface area contributed by atoms with E-state index < -0.39 is 10.8 Å². The van der Waals surface area contributed by atoms with Crippen LogP contribution < -0.4 is 5.32 Å². The van der Waals surface area contributed by atoms with E-state index in [0.29, 0.717) is 11.7 Å². The highest BCUT2D eigenvalue weighted by molar-refractivity contribution is 7.86. The minimum absolute atomic E-state index is 0.0996. The van der Waals surface area contributed by atoms with Gasteiger partial charge < -0.3 is 10.2 Å². The first kappa shape index (κ1) is 14.0. The van der Waals surface area contributed by atoms with Gasteiger partial charge in [0.15, 0.2) is 0 Å². The second-order valence-corrected chi connectivity index (χ2v) is 7.26. The third kappa shape index (κ3) is 3.54. The summed E-state index contributed by atoms with van der Waals surface area (Å²) in [6.07, 6.45) is 4.62. The van der Waals surface area contributed by atoms with Crippen molar-refractivity contribution < 1.29 is 9.00 Å². The lowest BCUT2D eigenvalue weighted by Gasteiger charge is -2.29. The van der Waals surface area contributed by atoms with Gasteiger partial charge in [-0.25, -0.2) is 0 Å². The molecule has 2 heterocycles. The Morgan fingerprint density at radius 1 is 1.28 bits per heavy atom. The predicted molar refractivity (Wildman–Crippen MR) is 73.9 cm³/mol. The molecule has 4 nitrogen and oxygen atoms in total. The van der Waals surface area contributed by atoms with Gasteiger partial charge in [0.1, 0.15) is 5.25 Å². The van der Waals surface area contributed by atoms with Crippen LogP contribution in [-0.2, 0) is 15.6 Å². The highest BCUT2D eigenvalue weighted by atomic mass is 32.2. The Morgan fingerprint density at radius 3 is 2.39 bits per heavy atom. The number of likely N-dealkylation sites (tertiary alicyclic amines) is 1. The molecule has 0 aliphatic carbocycles. The molecule has 2 aliphatic rings. The lowest BCUT2D eigenvalue weighted by atomic mass is 10.1. The van der Waals surface area contributed by atoms with Crippen molar-refractivity contribution in [2.45, 2.75) is 37.9 Å². The van der Waals surface area contributed by atoms with Crippen molar-refractivity contribution in [2.75, 3.05) is 31.9 Å². The summed E-state index contributed by atoms with van der Waals surface area (Å²) in [6.45, 7) is 5.44. The normalized spacial score (nSPS) is 25.1. The maximum atomic E-state index is 12.3. The molecule has 1 N–H and O–H groups in total. The van der Waals surface area contributed by atoms with Gasteiger partial charge in [-0.05, 0) is 25.7 Å². The lowest BCUT2D eigenvalue weighted by Crippen LogP contribution is -2.47. The van der Waals surface area contributed by atoms with Gasteiger partial charge in [0.25, 0.3) is 0 Å². The van der Waals surface area contributed by atoms with E-state index in [2.05, 4.69) is 5.32 Å².